The molecule has 144 valence electrons. The molecule has 1 unspecified atom stereocenters. The fourth-order valence-electron chi connectivity index (χ4n) is 3.05. The van der Waals surface area contributed by atoms with E-state index in [4.69, 9.17) is 4.74 Å². The van der Waals surface area contributed by atoms with Crippen LogP contribution in [0.3, 0.4) is 0 Å². The first-order valence-electron chi connectivity index (χ1n) is 8.30. The standard InChI is InChI=1S/C19H21FN2O5/c1-5-12-15(10(3)23)9(2)21-17(12)18(24)22-16(19(25)26)11-6-7-14(27-4)13(20)8-11/h6-8,16,21H,5H2,1-4H3,(H,22,24)(H,25,26). The number of amides is 1. The molecular weight excluding hydrogens is 355 g/mol. The van der Waals surface area contributed by atoms with Gasteiger partial charge in [-0.1, -0.05) is 13.0 Å². The van der Waals surface area contributed by atoms with Gasteiger partial charge in [-0.2, -0.15) is 0 Å². The number of rotatable bonds is 7. The van der Waals surface area contributed by atoms with Crippen molar-refractivity contribution in [3.63, 3.8) is 0 Å². The van der Waals surface area contributed by atoms with Crippen LogP contribution in [0.2, 0.25) is 0 Å². The van der Waals surface area contributed by atoms with Gasteiger partial charge >= 0.3 is 5.97 Å². The second-order valence-corrected chi connectivity index (χ2v) is 6.03. The Kier molecular flexibility index (Phi) is 5.99. The van der Waals surface area contributed by atoms with Crippen molar-refractivity contribution in [3.05, 3.63) is 52.1 Å². The second kappa shape index (κ2) is 8.03. The number of carbonyl (C=O) groups excluding carboxylic acids is 2. The van der Waals surface area contributed by atoms with Crippen molar-refractivity contribution >= 4 is 17.7 Å². The quantitative estimate of drug-likeness (QED) is 0.644. The number of aromatic amines is 1. The van der Waals surface area contributed by atoms with Crippen molar-refractivity contribution in [3.8, 4) is 5.75 Å². The minimum absolute atomic E-state index is 0.0337. The van der Waals surface area contributed by atoms with Crippen molar-refractivity contribution in [1.29, 1.82) is 0 Å². The summed E-state index contributed by atoms with van der Waals surface area (Å²) < 4.78 is 18.7. The zero-order valence-electron chi connectivity index (χ0n) is 15.5. The van der Waals surface area contributed by atoms with E-state index in [-0.39, 0.29) is 22.8 Å². The van der Waals surface area contributed by atoms with E-state index in [1.165, 1.54) is 26.2 Å². The Morgan fingerprint density at radius 1 is 1.33 bits per heavy atom. The molecule has 27 heavy (non-hydrogen) atoms. The molecule has 0 saturated heterocycles. The third kappa shape index (κ3) is 3.99. The number of carboxylic acids is 1. The van der Waals surface area contributed by atoms with E-state index < -0.39 is 23.7 Å². The Hall–Kier alpha value is -3.16. The van der Waals surface area contributed by atoms with Crippen LogP contribution >= 0.6 is 0 Å². The van der Waals surface area contributed by atoms with Crippen molar-refractivity contribution in [2.45, 2.75) is 33.2 Å². The fraction of sp³-hybridized carbons (Fsp3) is 0.316. The van der Waals surface area contributed by atoms with E-state index in [9.17, 15) is 23.9 Å². The second-order valence-electron chi connectivity index (χ2n) is 6.03. The molecule has 2 rings (SSSR count). The highest BCUT2D eigenvalue weighted by molar-refractivity contribution is 6.03. The predicted octanol–water partition coefficient (Wildman–Crippen LogP) is 2.79. The maximum atomic E-state index is 13.9. The summed E-state index contributed by atoms with van der Waals surface area (Å²) in [6, 6.07) is 2.19. The molecule has 0 aliphatic carbocycles. The van der Waals surface area contributed by atoms with Gasteiger partial charge in [-0.3, -0.25) is 9.59 Å². The summed E-state index contributed by atoms with van der Waals surface area (Å²) in [7, 11) is 1.29. The summed E-state index contributed by atoms with van der Waals surface area (Å²) in [5.41, 5.74) is 1.65. The number of hydrogen-bond donors (Lipinski definition) is 3. The number of aryl methyl sites for hydroxylation is 1. The number of methoxy groups -OCH3 is 1. The zero-order valence-corrected chi connectivity index (χ0v) is 15.5. The molecule has 7 nitrogen and oxygen atoms in total. The number of carbonyl (C=O) groups is 3. The van der Waals surface area contributed by atoms with E-state index in [0.717, 1.165) is 6.07 Å². The monoisotopic (exact) mass is 376 g/mol. The van der Waals surface area contributed by atoms with Crippen molar-refractivity contribution in [1.82, 2.24) is 10.3 Å². The molecule has 0 bridgehead atoms. The number of aromatic nitrogens is 1. The van der Waals surface area contributed by atoms with Crippen molar-refractivity contribution < 1.29 is 28.6 Å². The average Bonchev–Trinajstić information content (AvgIpc) is 2.95. The molecule has 1 aromatic heterocycles. The Bertz CT molecular complexity index is 904. The molecule has 1 amide bonds. The van der Waals surface area contributed by atoms with Crippen molar-refractivity contribution in [2.24, 2.45) is 0 Å². The van der Waals surface area contributed by atoms with Crippen LogP contribution in [0.4, 0.5) is 4.39 Å². The molecule has 0 saturated carbocycles. The minimum atomic E-state index is -1.47. The Morgan fingerprint density at radius 2 is 2.00 bits per heavy atom. The number of aliphatic carboxylic acids is 1. The zero-order chi connectivity index (χ0) is 20.3. The van der Waals surface area contributed by atoms with Crippen LogP contribution in [-0.4, -0.2) is 34.9 Å². The number of H-pyrrole nitrogens is 1. The molecule has 1 atom stereocenters. The first-order chi connectivity index (χ1) is 12.7. The number of Topliss-reactive ketones (excluding diaryl/α,β-unsaturated/α-hetero) is 1. The molecule has 1 aromatic carbocycles. The molecule has 1 heterocycles. The van der Waals surface area contributed by atoms with E-state index in [2.05, 4.69) is 10.3 Å². The highest BCUT2D eigenvalue weighted by Crippen LogP contribution is 2.24. The summed E-state index contributed by atoms with van der Waals surface area (Å²) in [5, 5.41) is 11.9. The lowest BCUT2D eigenvalue weighted by atomic mass is 10.0. The highest BCUT2D eigenvalue weighted by atomic mass is 19.1. The number of carboxylic acid groups (broad SMARTS) is 1. The van der Waals surface area contributed by atoms with Gasteiger partial charge in [-0.15, -0.1) is 0 Å². The largest absolute Gasteiger partial charge is 0.494 e. The summed E-state index contributed by atoms with van der Waals surface area (Å²) in [6.45, 7) is 4.86. The molecule has 0 fully saturated rings. The fourth-order valence-corrected chi connectivity index (χ4v) is 3.05. The first-order valence-corrected chi connectivity index (χ1v) is 8.30. The highest BCUT2D eigenvalue weighted by Gasteiger charge is 2.27. The van der Waals surface area contributed by atoms with Gasteiger partial charge in [-0.25, -0.2) is 9.18 Å². The van der Waals surface area contributed by atoms with Crippen LogP contribution in [0.15, 0.2) is 18.2 Å². The molecular formula is C19H21FN2O5. The van der Waals surface area contributed by atoms with Crippen LogP contribution in [0, 0.1) is 12.7 Å². The summed E-state index contributed by atoms with van der Waals surface area (Å²) in [5.74, 6) is -2.99. The third-order valence-electron chi connectivity index (χ3n) is 4.26. The van der Waals surface area contributed by atoms with Crippen molar-refractivity contribution in [2.75, 3.05) is 7.11 Å². The average molecular weight is 376 g/mol. The van der Waals surface area contributed by atoms with E-state index >= 15 is 0 Å². The number of benzene rings is 1. The number of ketones is 1. The van der Waals surface area contributed by atoms with Gasteiger partial charge in [0.2, 0.25) is 0 Å². The minimum Gasteiger partial charge on any atom is -0.494 e. The van der Waals surface area contributed by atoms with Crippen LogP contribution < -0.4 is 10.1 Å². The third-order valence-corrected chi connectivity index (χ3v) is 4.26. The van der Waals surface area contributed by atoms with Crippen LogP contribution in [0.1, 0.15) is 57.6 Å². The molecule has 0 aliphatic rings. The van der Waals surface area contributed by atoms with Crippen LogP contribution in [0.5, 0.6) is 5.75 Å². The van der Waals surface area contributed by atoms with E-state index in [0.29, 0.717) is 23.2 Å². The summed E-state index contributed by atoms with van der Waals surface area (Å²) in [4.78, 5) is 39.0. The SMILES string of the molecule is CCc1c(C(=O)NC(C(=O)O)c2ccc(OC)c(F)c2)[nH]c(C)c1C(C)=O. The normalized spacial score (nSPS) is 11.7. The van der Waals surface area contributed by atoms with Gasteiger partial charge in [0.25, 0.3) is 5.91 Å². The van der Waals surface area contributed by atoms with Gasteiger partial charge in [0.15, 0.2) is 23.4 Å². The molecule has 0 radical (unpaired) electrons. The molecule has 0 aliphatic heterocycles. The van der Waals surface area contributed by atoms with Gasteiger partial charge in [0.05, 0.1) is 7.11 Å². The Labute approximate surface area is 155 Å². The van der Waals surface area contributed by atoms with Crippen LogP contribution in [-0.2, 0) is 11.2 Å². The summed E-state index contributed by atoms with van der Waals surface area (Å²) in [6.07, 6.45) is 0.414. The van der Waals surface area contributed by atoms with E-state index in [1.54, 1.807) is 13.8 Å². The Balaban J connectivity index is 2.39. The van der Waals surface area contributed by atoms with Gasteiger partial charge in [0.1, 0.15) is 5.69 Å². The maximum Gasteiger partial charge on any atom is 0.330 e. The lowest BCUT2D eigenvalue weighted by Crippen LogP contribution is -2.34. The molecule has 0 spiro atoms. The van der Waals surface area contributed by atoms with Gasteiger partial charge in [-0.05, 0) is 43.5 Å². The molecule has 3 N–H and O–H groups in total. The maximum absolute atomic E-state index is 13.9. The number of nitrogens with one attached hydrogen (secondary N) is 2. The number of hydrogen-bond acceptors (Lipinski definition) is 4. The molecule has 8 heteroatoms. The van der Waals surface area contributed by atoms with Gasteiger partial charge in [0, 0.05) is 11.3 Å². The summed E-state index contributed by atoms with van der Waals surface area (Å²) >= 11 is 0. The lowest BCUT2D eigenvalue weighted by Gasteiger charge is -2.16. The Morgan fingerprint density at radius 3 is 2.48 bits per heavy atom. The number of halogens is 1. The first kappa shape index (κ1) is 20.2. The molecule has 2 aromatic rings. The van der Waals surface area contributed by atoms with Crippen LogP contribution in [0.25, 0.3) is 0 Å². The smallest absolute Gasteiger partial charge is 0.330 e. The number of ether oxygens (including phenoxy) is 1. The topological polar surface area (TPSA) is 108 Å². The van der Waals surface area contributed by atoms with Gasteiger partial charge < -0.3 is 20.1 Å². The lowest BCUT2D eigenvalue weighted by molar-refractivity contribution is -0.139. The van der Waals surface area contributed by atoms with E-state index in [1.807, 2.05) is 0 Å². The predicted molar refractivity (Wildman–Crippen MR) is 95.7 cm³/mol.